The maximum Gasteiger partial charge on any atom is 0.156 e. The molecular weight excluding hydrogens is 286 g/mol. The normalized spacial score (nSPS) is 13.2. The molecule has 3 heteroatoms. The summed E-state index contributed by atoms with van der Waals surface area (Å²) in [5, 5.41) is 9.24. The van der Waals surface area contributed by atoms with Crippen LogP contribution in [0.15, 0.2) is 53.5 Å². The van der Waals surface area contributed by atoms with Crippen LogP contribution in [0.5, 0.6) is 5.75 Å². The minimum atomic E-state index is 0.101. The first-order valence-corrected chi connectivity index (χ1v) is 7.75. The summed E-state index contributed by atoms with van der Waals surface area (Å²) in [7, 11) is 0. The molecule has 0 spiro atoms. The second-order valence-electron chi connectivity index (χ2n) is 5.78. The Morgan fingerprint density at radius 3 is 2.78 bits per heavy atom. The van der Waals surface area contributed by atoms with E-state index in [-0.39, 0.29) is 11.5 Å². The van der Waals surface area contributed by atoms with E-state index in [0.717, 1.165) is 23.4 Å². The Morgan fingerprint density at radius 2 is 2.00 bits per heavy atom. The van der Waals surface area contributed by atoms with Crippen molar-refractivity contribution in [1.29, 1.82) is 0 Å². The molecule has 0 aromatic heterocycles. The lowest BCUT2D eigenvalue weighted by atomic mass is 10.0. The number of allylic oxidation sites excluding steroid dienone is 1. The van der Waals surface area contributed by atoms with Crippen LogP contribution in [0.1, 0.15) is 35.6 Å². The first-order valence-electron chi connectivity index (χ1n) is 7.75. The van der Waals surface area contributed by atoms with Crippen molar-refractivity contribution < 1.29 is 9.90 Å². The SMILES string of the molecule is CC1=NCc2ccc(/C=C/C(=O)CCc3ccc(O)cc3)cc21. The van der Waals surface area contributed by atoms with Gasteiger partial charge in [0.15, 0.2) is 5.78 Å². The van der Waals surface area contributed by atoms with Crippen LogP contribution in [0.4, 0.5) is 0 Å². The molecule has 1 aliphatic rings. The number of benzene rings is 2. The molecule has 2 aromatic carbocycles. The Labute approximate surface area is 136 Å². The van der Waals surface area contributed by atoms with Crippen molar-refractivity contribution in [3.63, 3.8) is 0 Å². The third-order valence-corrected chi connectivity index (χ3v) is 4.07. The molecular formula is C20H19NO2. The minimum Gasteiger partial charge on any atom is -0.508 e. The largest absolute Gasteiger partial charge is 0.508 e. The molecule has 0 fully saturated rings. The van der Waals surface area contributed by atoms with Crippen molar-refractivity contribution >= 4 is 17.6 Å². The summed E-state index contributed by atoms with van der Waals surface area (Å²) in [6.07, 6.45) is 4.65. The van der Waals surface area contributed by atoms with Crippen molar-refractivity contribution in [3.05, 3.63) is 70.8 Å². The van der Waals surface area contributed by atoms with Gasteiger partial charge < -0.3 is 5.11 Å². The van der Waals surface area contributed by atoms with E-state index in [1.54, 1.807) is 18.2 Å². The van der Waals surface area contributed by atoms with Crippen LogP contribution in [-0.4, -0.2) is 16.6 Å². The number of aromatic hydroxyl groups is 1. The second-order valence-corrected chi connectivity index (χ2v) is 5.78. The number of hydrogen-bond acceptors (Lipinski definition) is 3. The number of aryl methyl sites for hydroxylation is 1. The van der Waals surface area contributed by atoms with Gasteiger partial charge in [0.2, 0.25) is 0 Å². The number of carbonyl (C=O) groups is 1. The van der Waals surface area contributed by atoms with E-state index in [0.29, 0.717) is 12.8 Å². The highest BCUT2D eigenvalue weighted by Crippen LogP contribution is 2.21. The summed E-state index contributed by atoms with van der Waals surface area (Å²) < 4.78 is 0. The zero-order chi connectivity index (χ0) is 16.2. The van der Waals surface area contributed by atoms with Gasteiger partial charge >= 0.3 is 0 Å². The van der Waals surface area contributed by atoms with Gasteiger partial charge in [-0.15, -0.1) is 0 Å². The van der Waals surface area contributed by atoms with E-state index in [1.807, 2.05) is 31.2 Å². The monoisotopic (exact) mass is 305 g/mol. The lowest BCUT2D eigenvalue weighted by Gasteiger charge is -2.02. The quantitative estimate of drug-likeness (QED) is 0.851. The molecule has 1 heterocycles. The number of hydrogen-bond donors (Lipinski definition) is 1. The predicted molar refractivity (Wildman–Crippen MR) is 92.8 cm³/mol. The summed E-state index contributed by atoms with van der Waals surface area (Å²) in [6, 6.07) is 13.2. The Balaban J connectivity index is 1.59. The van der Waals surface area contributed by atoms with E-state index in [9.17, 15) is 9.90 Å². The number of rotatable bonds is 5. The van der Waals surface area contributed by atoms with Gasteiger partial charge in [-0.3, -0.25) is 9.79 Å². The lowest BCUT2D eigenvalue weighted by molar-refractivity contribution is -0.114. The molecule has 1 N–H and O–H groups in total. The van der Waals surface area contributed by atoms with Gasteiger partial charge in [0.25, 0.3) is 0 Å². The predicted octanol–water partition coefficient (Wildman–Crippen LogP) is 3.93. The number of nitrogens with zero attached hydrogens (tertiary/aromatic N) is 1. The van der Waals surface area contributed by atoms with Gasteiger partial charge in [-0.1, -0.05) is 30.3 Å². The third-order valence-electron chi connectivity index (χ3n) is 4.07. The zero-order valence-electron chi connectivity index (χ0n) is 13.1. The molecule has 116 valence electrons. The first-order chi connectivity index (χ1) is 11.1. The van der Waals surface area contributed by atoms with Gasteiger partial charge in [0, 0.05) is 17.7 Å². The fourth-order valence-electron chi connectivity index (χ4n) is 2.66. The van der Waals surface area contributed by atoms with E-state index in [2.05, 4.69) is 17.1 Å². The van der Waals surface area contributed by atoms with E-state index in [1.165, 1.54) is 11.1 Å². The van der Waals surface area contributed by atoms with Crippen molar-refractivity contribution in [1.82, 2.24) is 0 Å². The van der Waals surface area contributed by atoms with Crippen LogP contribution >= 0.6 is 0 Å². The number of fused-ring (bicyclic) bond motifs is 1. The standard InChI is InChI=1S/C20H19NO2/c1-14-20-12-16(2-7-17(20)13-21-14)6-11-19(23)10-5-15-3-8-18(22)9-4-15/h2-4,6-9,11-12,22H,5,10,13H2,1H3/b11-6+. The van der Waals surface area contributed by atoms with Crippen LogP contribution in [0.3, 0.4) is 0 Å². The van der Waals surface area contributed by atoms with Crippen molar-refractivity contribution in [2.45, 2.75) is 26.3 Å². The summed E-state index contributed by atoms with van der Waals surface area (Å²) in [5.74, 6) is 0.347. The molecule has 3 nitrogen and oxygen atoms in total. The van der Waals surface area contributed by atoms with Crippen molar-refractivity contribution in [3.8, 4) is 5.75 Å². The molecule has 0 saturated carbocycles. The molecule has 1 aliphatic heterocycles. The maximum atomic E-state index is 12.0. The second kappa shape index (κ2) is 6.61. The fourth-order valence-corrected chi connectivity index (χ4v) is 2.66. The minimum absolute atomic E-state index is 0.101. The molecule has 0 aliphatic carbocycles. The van der Waals surface area contributed by atoms with Crippen LogP contribution in [0.2, 0.25) is 0 Å². The number of ketones is 1. The van der Waals surface area contributed by atoms with Crippen LogP contribution in [0, 0.1) is 0 Å². The highest BCUT2D eigenvalue weighted by molar-refractivity contribution is 6.02. The van der Waals surface area contributed by atoms with Crippen LogP contribution in [-0.2, 0) is 17.8 Å². The summed E-state index contributed by atoms with van der Waals surface area (Å²) >= 11 is 0. The number of carbonyl (C=O) groups excluding carboxylic acids is 1. The van der Waals surface area contributed by atoms with Crippen LogP contribution < -0.4 is 0 Å². The smallest absolute Gasteiger partial charge is 0.156 e. The Kier molecular flexibility index (Phi) is 4.38. The summed E-state index contributed by atoms with van der Waals surface area (Å²) in [5.41, 5.74) is 5.57. The molecule has 0 atom stereocenters. The fraction of sp³-hybridized carbons (Fsp3) is 0.200. The summed E-state index contributed by atoms with van der Waals surface area (Å²) in [6.45, 7) is 2.78. The first kappa shape index (κ1) is 15.2. The van der Waals surface area contributed by atoms with E-state index >= 15 is 0 Å². The molecule has 0 radical (unpaired) electrons. The number of aliphatic imine (C=N–C) groups is 1. The molecule has 0 saturated heterocycles. The average Bonchev–Trinajstić information content (AvgIpc) is 2.93. The van der Waals surface area contributed by atoms with Crippen molar-refractivity contribution in [2.24, 2.45) is 4.99 Å². The van der Waals surface area contributed by atoms with E-state index in [4.69, 9.17) is 0 Å². The molecule has 0 amide bonds. The number of phenols is 1. The maximum absolute atomic E-state index is 12.0. The number of phenolic OH excluding ortho intramolecular Hbond substituents is 1. The summed E-state index contributed by atoms with van der Waals surface area (Å²) in [4.78, 5) is 16.4. The Morgan fingerprint density at radius 1 is 1.22 bits per heavy atom. The van der Waals surface area contributed by atoms with Crippen LogP contribution in [0.25, 0.3) is 6.08 Å². The van der Waals surface area contributed by atoms with Gasteiger partial charge in [-0.25, -0.2) is 0 Å². The third kappa shape index (κ3) is 3.75. The van der Waals surface area contributed by atoms with Gasteiger partial charge in [-0.2, -0.15) is 0 Å². The Bertz CT molecular complexity index is 786. The lowest BCUT2D eigenvalue weighted by Crippen LogP contribution is -1.96. The van der Waals surface area contributed by atoms with Gasteiger partial charge in [0.05, 0.1) is 6.54 Å². The molecule has 2 aromatic rings. The zero-order valence-corrected chi connectivity index (χ0v) is 13.1. The van der Waals surface area contributed by atoms with Gasteiger partial charge in [-0.05, 0) is 54.3 Å². The highest BCUT2D eigenvalue weighted by atomic mass is 16.3. The van der Waals surface area contributed by atoms with Gasteiger partial charge in [0.1, 0.15) is 5.75 Å². The Hall–Kier alpha value is -2.68. The van der Waals surface area contributed by atoms with E-state index < -0.39 is 0 Å². The van der Waals surface area contributed by atoms with Crippen molar-refractivity contribution in [2.75, 3.05) is 0 Å². The highest BCUT2D eigenvalue weighted by Gasteiger charge is 2.11. The molecule has 0 unspecified atom stereocenters. The molecule has 0 bridgehead atoms. The molecule has 23 heavy (non-hydrogen) atoms. The topological polar surface area (TPSA) is 49.7 Å². The average molecular weight is 305 g/mol. The molecule has 3 rings (SSSR count).